The van der Waals surface area contributed by atoms with Crippen molar-refractivity contribution in [3.8, 4) is 11.1 Å². The Morgan fingerprint density at radius 1 is 1.06 bits per heavy atom. The zero-order valence-corrected chi connectivity index (χ0v) is 19.1. The molecule has 35 heavy (non-hydrogen) atoms. The highest BCUT2D eigenvalue weighted by atomic mass is 16.5. The van der Waals surface area contributed by atoms with Gasteiger partial charge in [-0.3, -0.25) is 4.79 Å². The number of amides is 2. The summed E-state index contributed by atoms with van der Waals surface area (Å²) in [5.74, 6) is -1.98. The number of hydrogen-bond acceptors (Lipinski definition) is 6. The highest BCUT2D eigenvalue weighted by molar-refractivity contribution is 5.87. The van der Waals surface area contributed by atoms with E-state index >= 15 is 0 Å². The van der Waals surface area contributed by atoms with E-state index in [1.165, 1.54) is 4.90 Å². The Kier molecular flexibility index (Phi) is 6.44. The van der Waals surface area contributed by atoms with Crippen LogP contribution in [0.2, 0.25) is 0 Å². The minimum atomic E-state index is -1.15. The zero-order valence-electron chi connectivity index (χ0n) is 19.1. The van der Waals surface area contributed by atoms with Gasteiger partial charge in [-0.15, -0.1) is 0 Å². The summed E-state index contributed by atoms with van der Waals surface area (Å²) in [6.07, 6.45) is -1.77. The molecule has 184 valence electrons. The van der Waals surface area contributed by atoms with Gasteiger partial charge in [-0.1, -0.05) is 48.5 Å². The fourth-order valence-electron chi connectivity index (χ4n) is 5.43. The lowest BCUT2D eigenvalue weighted by molar-refractivity contribution is -0.153. The number of rotatable bonds is 6. The van der Waals surface area contributed by atoms with Gasteiger partial charge in [0.25, 0.3) is 5.91 Å². The number of carboxylic acid groups (broad SMARTS) is 1. The van der Waals surface area contributed by atoms with Gasteiger partial charge in [0.05, 0.1) is 6.10 Å². The molecule has 0 saturated carbocycles. The van der Waals surface area contributed by atoms with Crippen molar-refractivity contribution >= 4 is 18.0 Å². The average molecular weight is 481 g/mol. The van der Waals surface area contributed by atoms with Gasteiger partial charge in [0.15, 0.2) is 0 Å². The second-order valence-corrected chi connectivity index (χ2v) is 9.28. The largest absolute Gasteiger partial charge is 0.480 e. The first-order chi connectivity index (χ1) is 16.9. The number of fused-ring (bicyclic) bond motifs is 3. The van der Waals surface area contributed by atoms with Crippen LogP contribution in [-0.4, -0.2) is 77.6 Å². The van der Waals surface area contributed by atoms with Crippen molar-refractivity contribution in [3.63, 3.8) is 0 Å². The molecule has 3 N–H and O–H groups in total. The summed E-state index contributed by atoms with van der Waals surface area (Å²) >= 11 is 0. The van der Waals surface area contributed by atoms with E-state index in [9.17, 15) is 24.6 Å². The van der Waals surface area contributed by atoms with Crippen molar-refractivity contribution in [2.75, 3.05) is 26.3 Å². The summed E-state index contributed by atoms with van der Waals surface area (Å²) in [4.78, 5) is 38.2. The number of carbonyl (C=O) groups excluding carboxylic acids is 2. The predicted octanol–water partition coefficient (Wildman–Crippen LogP) is 1.98. The molecule has 0 bridgehead atoms. The summed E-state index contributed by atoms with van der Waals surface area (Å²) in [6, 6.07) is 15.1. The molecule has 0 aromatic heterocycles. The lowest BCUT2D eigenvalue weighted by Gasteiger charge is -2.27. The van der Waals surface area contributed by atoms with Gasteiger partial charge < -0.3 is 29.9 Å². The third-order valence-corrected chi connectivity index (χ3v) is 7.16. The van der Waals surface area contributed by atoms with E-state index in [0.29, 0.717) is 13.0 Å². The maximum atomic E-state index is 13.0. The van der Waals surface area contributed by atoms with Crippen molar-refractivity contribution in [3.05, 3.63) is 59.7 Å². The molecule has 3 aliphatic rings. The van der Waals surface area contributed by atoms with Crippen LogP contribution in [0.15, 0.2) is 48.5 Å². The molecule has 2 amide bonds. The second-order valence-electron chi connectivity index (χ2n) is 9.28. The Balaban J connectivity index is 1.17. The van der Waals surface area contributed by atoms with Crippen molar-refractivity contribution in [1.82, 2.24) is 10.2 Å². The molecule has 5 rings (SSSR count). The van der Waals surface area contributed by atoms with Crippen molar-refractivity contribution in [2.45, 2.75) is 37.0 Å². The van der Waals surface area contributed by atoms with E-state index in [0.717, 1.165) is 22.3 Å². The topological polar surface area (TPSA) is 125 Å². The Labute approximate surface area is 202 Å². The number of nitrogens with one attached hydrogen (secondary N) is 1. The van der Waals surface area contributed by atoms with E-state index in [1.54, 1.807) is 0 Å². The SMILES string of the molecule is O=C(NCC1CCOC1C(=O)N1C[C@@H](O)C[C@H]1C(=O)O)OCC1c2ccccc2-c2ccccc21. The van der Waals surface area contributed by atoms with Crippen LogP contribution in [0.25, 0.3) is 11.1 Å². The van der Waals surface area contributed by atoms with Crippen LogP contribution < -0.4 is 5.32 Å². The van der Waals surface area contributed by atoms with E-state index in [1.807, 2.05) is 36.4 Å². The molecule has 2 aromatic carbocycles. The van der Waals surface area contributed by atoms with Crippen LogP contribution in [-0.2, 0) is 19.1 Å². The summed E-state index contributed by atoms with van der Waals surface area (Å²) in [5.41, 5.74) is 4.54. The van der Waals surface area contributed by atoms with E-state index in [4.69, 9.17) is 9.47 Å². The minimum absolute atomic E-state index is 0.00351. The van der Waals surface area contributed by atoms with Gasteiger partial charge in [0.1, 0.15) is 18.8 Å². The normalized spacial score (nSPS) is 25.2. The molecule has 2 heterocycles. The van der Waals surface area contributed by atoms with Gasteiger partial charge in [0.2, 0.25) is 0 Å². The molecule has 9 heteroatoms. The number of benzene rings is 2. The van der Waals surface area contributed by atoms with Gasteiger partial charge in [-0.25, -0.2) is 9.59 Å². The number of carbonyl (C=O) groups is 3. The van der Waals surface area contributed by atoms with E-state index in [-0.39, 0.29) is 38.0 Å². The summed E-state index contributed by atoms with van der Waals surface area (Å²) in [5, 5.41) is 22.0. The number of hydrogen-bond donors (Lipinski definition) is 3. The fraction of sp³-hybridized carbons (Fsp3) is 0.423. The Morgan fingerprint density at radius 3 is 2.37 bits per heavy atom. The lowest BCUT2D eigenvalue weighted by atomic mass is 9.98. The molecule has 1 aliphatic carbocycles. The molecule has 2 aromatic rings. The fourth-order valence-corrected chi connectivity index (χ4v) is 5.43. The Morgan fingerprint density at radius 2 is 1.71 bits per heavy atom. The number of carboxylic acids is 1. The van der Waals surface area contributed by atoms with Crippen LogP contribution in [0.3, 0.4) is 0 Å². The third-order valence-electron chi connectivity index (χ3n) is 7.16. The van der Waals surface area contributed by atoms with Gasteiger partial charge in [0, 0.05) is 38.0 Å². The van der Waals surface area contributed by atoms with Crippen LogP contribution in [0.1, 0.15) is 29.9 Å². The maximum Gasteiger partial charge on any atom is 0.407 e. The number of aliphatic hydroxyl groups excluding tert-OH is 1. The molecule has 0 radical (unpaired) electrons. The first-order valence-electron chi connectivity index (χ1n) is 11.9. The number of nitrogens with zero attached hydrogens (tertiary/aromatic N) is 1. The number of likely N-dealkylation sites (tertiary alicyclic amines) is 1. The summed E-state index contributed by atoms with van der Waals surface area (Å²) in [7, 11) is 0. The highest BCUT2D eigenvalue weighted by Gasteiger charge is 2.45. The molecular formula is C26H28N2O7. The van der Waals surface area contributed by atoms with Crippen LogP contribution in [0, 0.1) is 5.92 Å². The molecule has 2 saturated heterocycles. The predicted molar refractivity (Wildman–Crippen MR) is 125 cm³/mol. The number of ether oxygens (including phenoxy) is 2. The number of aliphatic hydroxyl groups is 1. The van der Waals surface area contributed by atoms with E-state index < -0.39 is 36.2 Å². The molecular weight excluding hydrogens is 452 g/mol. The van der Waals surface area contributed by atoms with Gasteiger partial charge in [-0.2, -0.15) is 0 Å². The van der Waals surface area contributed by atoms with Crippen molar-refractivity contribution in [2.24, 2.45) is 5.92 Å². The second kappa shape index (κ2) is 9.67. The smallest absolute Gasteiger partial charge is 0.407 e. The number of β-amino-alcohol motifs (C(OH)–C–C–N with tert-alkyl or cyclic N) is 1. The maximum absolute atomic E-state index is 13.0. The standard InChI is InChI=1S/C26H28N2O7/c29-16-11-22(25(31)32)28(13-16)24(30)23-15(9-10-34-23)12-27-26(33)35-14-21-19-7-3-1-5-17(19)18-6-2-4-8-20(18)21/h1-8,15-16,21-23,29H,9-14H2,(H,27,33)(H,31,32)/t15?,16-,22-,23?/m0/s1. The number of aliphatic carboxylic acids is 1. The molecule has 2 unspecified atom stereocenters. The first-order valence-corrected chi connectivity index (χ1v) is 11.9. The van der Waals surface area contributed by atoms with E-state index in [2.05, 4.69) is 17.4 Å². The summed E-state index contributed by atoms with van der Waals surface area (Å²) < 4.78 is 11.2. The van der Waals surface area contributed by atoms with Crippen molar-refractivity contribution < 1.29 is 34.1 Å². The van der Waals surface area contributed by atoms with Crippen LogP contribution >= 0.6 is 0 Å². The Bertz CT molecular complexity index is 1090. The third kappa shape index (κ3) is 4.49. The average Bonchev–Trinajstić information content (AvgIpc) is 3.57. The first kappa shape index (κ1) is 23.3. The molecule has 2 fully saturated rings. The van der Waals surface area contributed by atoms with Crippen LogP contribution in [0.4, 0.5) is 4.79 Å². The molecule has 9 nitrogen and oxygen atoms in total. The monoisotopic (exact) mass is 480 g/mol. The van der Waals surface area contributed by atoms with Crippen molar-refractivity contribution in [1.29, 1.82) is 0 Å². The lowest BCUT2D eigenvalue weighted by Crippen LogP contribution is -2.48. The van der Waals surface area contributed by atoms with Gasteiger partial charge >= 0.3 is 12.1 Å². The minimum Gasteiger partial charge on any atom is -0.480 e. The molecule has 2 aliphatic heterocycles. The number of alkyl carbamates (subject to hydrolysis) is 1. The molecule has 4 atom stereocenters. The zero-order chi connectivity index (χ0) is 24.5. The quantitative estimate of drug-likeness (QED) is 0.577. The Hall–Kier alpha value is -3.43. The molecule has 0 spiro atoms. The highest BCUT2D eigenvalue weighted by Crippen LogP contribution is 2.44. The van der Waals surface area contributed by atoms with Crippen LogP contribution in [0.5, 0.6) is 0 Å². The summed E-state index contributed by atoms with van der Waals surface area (Å²) in [6.45, 7) is 0.653. The van der Waals surface area contributed by atoms with Gasteiger partial charge in [-0.05, 0) is 28.7 Å².